The molecular formula is C16H28N2O3. The maximum Gasteiger partial charge on any atom is 0.242 e. The van der Waals surface area contributed by atoms with E-state index in [-0.39, 0.29) is 17.9 Å². The number of aliphatic hydroxyl groups is 1. The fraction of sp³-hybridized carbons (Fsp3) is 0.875. The number of carbonyl (C=O) groups excluding carboxylic acids is 2. The van der Waals surface area contributed by atoms with Gasteiger partial charge in [0.1, 0.15) is 6.04 Å². The van der Waals surface area contributed by atoms with Gasteiger partial charge in [0, 0.05) is 19.5 Å². The number of likely N-dealkylation sites (tertiary alicyclic amines) is 1. The molecule has 2 N–H and O–H groups in total. The number of hydrogen-bond donors (Lipinski definition) is 2. The summed E-state index contributed by atoms with van der Waals surface area (Å²) in [5.41, 5.74) is -0.748. The van der Waals surface area contributed by atoms with Crippen LogP contribution in [0.2, 0.25) is 0 Å². The van der Waals surface area contributed by atoms with Crippen molar-refractivity contribution in [1.82, 2.24) is 10.2 Å². The van der Waals surface area contributed by atoms with Gasteiger partial charge in [0.25, 0.3) is 0 Å². The molecule has 1 saturated heterocycles. The average Bonchev–Trinajstić information content (AvgIpc) is 2.52. The first kappa shape index (κ1) is 16.3. The van der Waals surface area contributed by atoms with Crippen LogP contribution in [0.3, 0.4) is 0 Å². The highest BCUT2D eigenvalue weighted by atomic mass is 16.3. The Labute approximate surface area is 127 Å². The molecule has 2 aliphatic rings. The Morgan fingerprint density at radius 2 is 1.90 bits per heavy atom. The summed E-state index contributed by atoms with van der Waals surface area (Å²) >= 11 is 0. The van der Waals surface area contributed by atoms with Crippen molar-refractivity contribution in [3.8, 4) is 0 Å². The van der Waals surface area contributed by atoms with Crippen molar-refractivity contribution in [3.05, 3.63) is 0 Å². The van der Waals surface area contributed by atoms with Crippen LogP contribution in [0.4, 0.5) is 0 Å². The van der Waals surface area contributed by atoms with Crippen molar-refractivity contribution in [3.63, 3.8) is 0 Å². The topological polar surface area (TPSA) is 69.6 Å². The summed E-state index contributed by atoms with van der Waals surface area (Å²) < 4.78 is 0. The van der Waals surface area contributed by atoms with Crippen molar-refractivity contribution < 1.29 is 14.7 Å². The molecule has 0 aromatic rings. The number of piperidine rings is 1. The lowest BCUT2D eigenvalue weighted by molar-refractivity contribution is -0.142. The Bertz CT molecular complexity index is 378. The minimum atomic E-state index is -0.748. The van der Waals surface area contributed by atoms with Crippen LogP contribution < -0.4 is 5.32 Å². The van der Waals surface area contributed by atoms with Gasteiger partial charge < -0.3 is 15.3 Å². The molecule has 5 nitrogen and oxygen atoms in total. The van der Waals surface area contributed by atoms with Gasteiger partial charge in [-0.3, -0.25) is 9.59 Å². The molecule has 0 bridgehead atoms. The normalized spacial score (nSPS) is 25.4. The summed E-state index contributed by atoms with van der Waals surface area (Å²) in [6.45, 7) is 2.82. The maximum atomic E-state index is 12.4. The third kappa shape index (κ3) is 4.19. The molecule has 1 aliphatic heterocycles. The number of nitrogens with zero attached hydrogens (tertiary/aromatic N) is 1. The second-order valence-electron chi connectivity index (χ2n) is 6.46. The van der Waals surface area contributed by atoms with Crippen molar-refractivity contribution >= 4 is 11.8 Å². The van der Waals surface area contributed by atoms with Crippen molar-refractivity contribution in [1.29, 1.82) is 0 Å². The third-order valence-electron chi connectivity index (χ3n) is 4.80. The molecule has 5 heteroatoms. The lowest BCUT2D eigenvalue weighted by Crippen LogP contribution is -2.54. The smallest absolute Gasteiger partial charge is 0.242 e. The molecule has 0 radical (unpaired) electrons. The van der Waals surface area contributed by atoms with E-state index in [1.54, 1.807) is 4.90 Å². The highest BCUT2D eigenvalue weighted by Gasteiger charge is 2.34. The van der Waals surface area contributed by atoms with E-state index in [9.17, 15) is 14.7 Å². The predicted octanol–water partition coefficient (Wildman–Crippen LogP) is 1.59. The Kier molecular flexibility index (Phi) is 5.62. The molecule has 21 heavy (non-hydrogen) atoms. The third-order valence-corrected chi connectivity index (χ3v) is 4.80. The van der Waals surface area contributed by atoms with E-state index in [1.807, 2.05) is 6.92 Å². The van der Waals surface area contributed by atoms with Gasteiger partial charge in [-0.25, -0.2) is 0 Å². The molecule has 1 atom stereocenters. The summed E-state index contributed by atoms with van der Waals surface area (Å²) in [4.78, 5) is 26.1. The number of hydrogen-bond acceptors (Lipinski definition) is 3. The van der Waals surface area contributed by atoms with Gasteiger partial charge in [0.15, 0.2) is 0 Å². The van der Waals surface area contributed by atoms with Crippen molar-refractivity contribution in [2.24, 2.45) is 0 Å². The standard InChI is InChI=1S/C16H28N2O3/c1-2-14(19)18-11-7-4-8-13(18)15(20)17-12-16(21)9-5-3-6-10-16/h13,21H,2-12H2,1H3,(H,17,20). The van der Waals surface area contributed by atoms with Gasteiger partial charge in [-0.15, -0.1) is 0 Å². The molecule has 1 unspecified atom stereocenters. The number of carbonyl (C=O) groups is 2. The van der Waals surface area contributed by atoms with Gasteiger partial charge in [0.05, 0.1) is 5.60 Å². The zero-order valence-electron chi connectivity index (χ0n) is 13.1. The molecule has 0 spiro atoms. The SMILES string of the molecule is CCC(=O)N1CCCCC1C(=O)NCC1(O)CCCCC1. The van der Waals surface area contributed by atoms with E-state index in [1.165, 1.54) is 0 Å². The van der Waals surface area contributed by atoms with E-state index in [2.05, 4.69) is 5.32 Å². The Morgan fingerprint density at radius 3 is 2.57 bits per heavy atom. The van der Waals surface area contributed by atoms with Crippen LogP contribution in [0.5, 0.6) is 0 Å². The van der Waals surface area contributed by atoms with Gasteiger partial charge >= 0.3 is 0 Å². The highest BCUT2D eigenvalue weighted by Crippen LogP contribution is 2.27. The lowest BCUT2D eigenvalue weighted by Gasteiger charge is -2.36. The van der Waals surface area contributed by atoms with Gasteiger partial charge in [0.2, 0.25) is 11.8 Å². The summed E-state index contributed by atoms with van der Waals surface area (Å²) in [5, 5.41) is 13.3. The fourth-order valence-electron chi connectivity index (χ4n) is 3.46. The summed E-state index contributed by atoms with van der Waals surface area (Å²) in [5.74, 6) is -0.0540. The average molecular weight is 296 g/mol. The van der Waals surface area contributed by atoms with Crippen LogP contribution in [-0.2, 0) is 9.59 Å². The maximum absolute atomic E-state index is 12.4. The molecular weight excluding hydrogens is 268 g/mol. The zero-order valence-corrected chi connectivity index (χ0v) is 13.1. The predicted molar refractivity (Wildman–Crippen MR) is 80.7 cm³/mol. The van der Waals surface area contributed by atoms with E-state index in [0.29, 0.717) is 19.5 Å². The molecule has 2 rings (SSSR count). The minimum absolute atomic E-state index is 0.0474. The van der Waals surface area contributed by atoms with E-state index in [4.69, 9.17) is 0 Å². The van der Waals surface area contributed by atoms with E-state index >= 15 is 0 Å². The second kappa shape index (κ2) is 7.25. The van der Waals surface area contributed by atoms with Crippen LogP contribution in [0.25, 0.3) is 0 Å². The number of amides is 2. The van der Waals surface area contributed by atoms with Gasteiger partial charge in [-0.05, 0) is 32.1 Å². The summed E-state index contributed by atoms with van der Waals surface area (Å²) in [7, 11) is 0. The van der Waals surface area contributed by atoms with Crippen LogP contribution >= 0.6 is 0 Å². The molecule has 2 amide bonds. The molecule has 120 valence electrons. The molecule has 1 aliphatic carbocycles. The quantitative estimate of drug-likeness (QED) is 0.827. The first-order valence-corrected chi connectivity index (χ1v) is 8.35. The first-order valence-electron chi connectivity index (χ1n) is 8.35. The van der Waals surface area contributed by atoms with E-state index in [0.717, 1.165) is 51.4 Å². The van der Waals surface area contributed by atoms with Crippen LogP contribution in [0.15, 0.2) is 0 Å². The Balaban J connectivity index is 1.90. The van der Waals surface area contributed by atoms with E-state index < -0.39 is 5.60 Å². The number of rotatable bonds is 4. The van der Waals surface area contributed by atoms with Crippen LogP contribution in [-0.4, -0.2) is 46.6 Å². The largest absolute Gasteiger partial charge is 0.388 e. The Hall–Kier alpha value is -1.10. The fourth-order valence-corrected chi connectivity index (χ4v) is 3.46. The van der Waals surface area contributed by atoms with Crippen LogP contribution in [0.1, 0.15) is 64.7 Å². The minimum Gasteiger partial charge on any atom is -0.388 e. The molecule has 0 aromatic carbocycles. The highest BCUT2D eigenvalue weighted by molar-refractivity contribution is 5.87. The first-order chi connectivity index (χ1) is 10.1. The summed E-state index contributed by atoms with van der Waals surface area (Å²) in [6, 6.07) is -0.349. The van der Waals surface area contributed by atoms with Gasteiger partial charge in [-0.1, -0.05) is 26.2 Å². The van der Waals surface area contributed by atoms with Gasteiger partial charge in [-0.2, -0.15) is 0 Å². The second-order valence-corrected chi connectivity index (χ2v) is 6.46. The van der Waals surface area contributed by atoms with Crippen molar-refractivity contribution in [2.45, 2.75) is 76.4 Å². The molecule has 1 saturated carbocycles. The lowest BCUT2D eigenvalue weighted by atomic mass is 9.85. The zero-order chi connectivity index (χ0) is 15.3. The number of nitrogens with one attached hydrogen (secondary N) is 1. The van der Waals surface area contributed by atoms with Crippen LogP contribution in [0, 0.1) is 0 Å². The molecule has 0 aromatic heterocycles. The Morgan fingerprint density at radius 1 is 1.19 bits per heavy atom. The summed E-state index contributed by atoms with van der Waals surface area (Å²) in [6.07, 6.45) is 7.86. The molecule has 2 fully saturated rings. The monoisotopic (exact) mass is 296 g/mol. The molecule has 1 heterocycles. The van der Waals surface area contributed by atoms with Crippen molar-refractivity contribution in [2.75, 3.05) is 13.1 Å².